The third kappa shape index (κ3) is 3.70. The van der Waals surface area contributed by atoms with E-state index in [1.54, 1.807) is 13.8 Å². The Morgan fingerprint density at radius 3 is 2.41 bits per heavy atom. The quantitative estimate of drug-likeness (QED) is 0.604. The molecule has 0 saturated heterocycles. The number of carbonyl (C=O) groups excluding carboxylic acids is 1. The maximum Gasteiger partial charge on any atom is 0.416 e. The van der Waals surface area contributed by atoms with E-state index in [2.05, 4.69) is 20.3 Å². The molecule has 0 fully saturated rings. The van der Waals surface area contributed by atoms with E-state index in [-0.39, 0.29) is 28.2 Å². The number of carbonyl (C=O) groups is 1. The number of ether oxygens (including phenoxy) is 3. The van der Waals surface area contributed by atoms with Crippen molar-refractivity contribution in [2.45, 2.75) is 25.6 Å². The van der Waals surface area contributed by atoms with Gasteiger partial charge in [-0.05, 0) is 32.0 Å². The minimum absolute atomic E-state index is 0.0172. The lowest BCUT2D eigenvalue weighted by Crippen LogP contribution is -2.28. The van der Waals surface area contributed by atoms with Crippen LogP contribution in [0.2, 0.25) is 0 Å². The highest BCUT2D eigenvalue weighted by Gasteiger charge is 2.39. The Morgan fingerprint density at radius 1 is 1.16 bits per heavy atom. The molecular weight excluding hydrogens is 449 g/mol. The van der Waals surface area contributed by atoms with Gasteiger partial charge in [0.25, 0.3) is 5.91 Å². The Labute approximate surface area is 184 Å². The zero-order valence-corrected chi connectivity index (χ0v) is 18.1. The van der Waals surface area contributed by atoms with E-state index in [9.17, 15) is 18.0 Å². The number of anilines is 1. The standard InChI is InChI=1S/C20H17F3N4O4S/c1-19(2)14-13(10-6-5-9(20(21,22)23)7-11(10)31-19)26-18(32-14)27-15(28)12-16(29-3)24-8-25-17(12)30-4/h5-8H,1-4H3,(H,26,27,28). The second-order valence-electron chi connectivity index (χ2n) is 7.24. The van der Waals surface area contributed by atoms with Crippen LogP contribution in [0.5, 0.6) is 17.5 Å². The van der Waals surface area contributed by atoms with Crippen LogP contribution in [-0.2, 0) is 11.8 Å². The number of hydrogen-bond acceptors (Lipinski definition) is 8. The summed E-state index contributed by atoms with van der Waals surface area (Å²) in [5.41, 5.74) is -0.951. The van der Waals surface area contributed by atoms with Gasteiger partial charge in [-0.1, -0.05) is 11.3 Å². The summed E-state index contributed by atoms with van der Waals surface area (Å²) in [7, 11) is 2.71. The molecule has 1 amide bonds. The zero-order valence-electron chi connectivity index (χ0n) is 17.3. The topological polar surface area (TPSA) is 95.5 Å². The van der Waals surface area contributed by atoms with Crippen LogP contribution in [-0.4, -0.2) is 35.1 Å². The molecule has 4 rings (SSSR count). The predicted octanol–water partition coefficient (Wildman–Crippen LogP) is 4.52. The van der Waals surface area contributed by atoms with Crippen molar-refractivity contribution in [3.05, 3.63) is 40.5 Å². The highest BCUT2D eigenvalue weighted by Crippen LogP contribution is 2.49. The van der Waals surface area contributed by atoms with Crippen molar-refractivity contribution in [1.82, 2.24) is 15.0 Å². The molecule has 0 bridgehead atoms. The van der Waals surface area contributed by atoms with E-state index in [1.165, 1.54) is 26.6 Å². The molecule has 1 aliphatic heterocycles. The molecule has 0 spiro atoms. The Hall–Kier alpha value is -3.41. The van der Waals surface area contributed by atoms with Crippen LogP contribution in [0.25, 0.3) is 11.3 Å². The minimum atomic E-state index is -4.50. The molecule has 0 radical (unpaired) electrons. The van der Waals surface area contributed by atoms with E-state index in [0.29, 0.717) is 16.1 Å². The summed E-state index contributed by atoms with van der Waals surface area (Å²) >= 11 is 1.15. The van der Waals surface area contributed by atoms with Crippen LogP contribution in [0.15, 0.2) is 24.5 Å². The van der Waals surface area contributed by atoms with Crippen molar-refractivity contribution >= 4 is 22.4 Å². The smallest absolute Gasteiger partial charge is 0.416 e. The van der Waals surface area contributed by atoms with Gasteiger partial charge in [-0.3, -0.25) is 10.1 Å². The molecule has 0 saturated carbocycles. The maximum atomic E-state index is 13.1. The summed E-state index contributed by atoms with van der Waals surface area (Å²) in [6, 6.07) is 3.24. The van der Waals surface area contributed by atoms with Gasteiger partial charge < -0.3 is 14.2 Å². The number of alkyl halides is 3. The molecular formula is C20H17F3N4O4S. The Kier molecular flexibility index (Phi) is 5.19. The molecule has 1 aliphatic rings. The highest BCUT2D eigenvalue weighted by molar-refractivity contribution is 7.16. The number of halogens is 3. The summed E-state index contributed by atoms with van der Waals surface area (Å²) in [6.07, 6.45) is -3.30. The Balaban J connectivity index is 1.73. The number of hydrogen-bond donors (Lipinski definition) is 1. The van der Waals surface area contributed by atoms with E-state index in [1.807, 2.05) is 0 Å². The average Bonchev–Trinajstić information content (AvgIpc) is 3.16. The van der Waals surface area contributed by atoms with Gasteiger partial charge in [0.2, 0.25) is 11.8 Å². The molecule has 0 unspecified atom stereocenters. The fourth-order valence-corrected chi connectivity index (χ4v) is 4.30. The molecule has 0 aliphatic carbocycles. The normalized spacial score (nSPS) is 14.1. The fourth-order valence-electron chi connectivity index (χ4n) is 3.28. The summed E-state index contributed by atoms with van der Waals surface area (Å²) < 4.78 is 55.5. The summed E-state index contributed by atoms with van der Waals surface area (Å²) in [5, 5.41) is 2.88. The van der Waals surface area contributed by atoms with Crippen molar-refractivity contribution < 1.29 is 32.2 Å². The van der Waals surface area contributed by atoms with E-state index in [4.69, 9.17) is 14.2 Å². The molecule has 1 N–H and O–H groups in total. The second kappa shape index (κ2) is 7.62. The number of nitrogens with zero attached hydrogens (tertiary/aromatic N) is 3. The van der Waals surface area contributed by atoms with Gasteiger partial charge in [-0.25, -0.2) is 15.0 Å². The molecule has 3 heterocycles. The second-order valence-corrected chi connectivity index (χ2v) is 8.24. The third-order valence-electron chi connectivity index (χ3n) is 4.72. The van der Waals surface area contributed by atoms with Gasteiger partial charge in [-0.15, -0.1) is 0 Å². The Bertz CT molecular complexity index is 1190. The molecule has 1 aromatic carbocycles. The first-order valence-electron chi connectivity index (χ1n) is 9.21. The Morgan fingerprint density at radius 2 is 1.81 bits per heavy atom. The number of nitrogens with one attached hydrogen (secondary N) is 1. The van der Waals surface area contributed by atoms with Crippen molar-refractivity contribution in [3.8, 4) is 28.8 Å². The van der Waals surface area contributed by atoms with E-state index >= 15 is 0 Å². The lowest BCUT2D eigenvalue weighted by Gasteiger charge is -2.32. The van der Waals surface area contributed by atoms with Crippen molar-refractivity contribution in [1.29, 1.82) is 0 Å². The van der Waals surface area contributed by atoms with Crippen LogP contribution in [0.4, 0.5) is 18.3 Å². The number of benzene rings is 1. The van der Waals surface area contributed by atoms with Crippen molar-refractivity contribution in [2.24, 2.45) is 0 Å². The van der Waals surface area contributed by atoms with Crippen LogP contribution < -0.4 is 19.5 Å². The van der Waals surface area contributed by atoms with Crippen LogP contribution in [0, 0.1) is 0 Å². The minimum Gasteiger partial charge on any atom is -0.482 e. The van der Waals surface area contributed by atoms with Crippen LogP contribution >= 0.6 is 11.3 Å². The lowest BCUT2D eigenvalue weighted by molar-refractivity contribution is -0.137. The van der Waals surface area contributed by atoms with Gasteiger partial charge in [0.05, 0.1) is 30.4 Å². The summed E-state index contributed by atoms with van der Waals surface area (Å²) in [5.74, 6) is -0.509. The first-order valence-corrected chi connectivity index (χ1v) is 10.0. The largest absolute Gasteiger partial charge is 0.482 e. The number of rotatable bonds is 4. The first kappa shape index (κ1) is 21.8. The van der Waals surface area contributed by atoms with E-state index < -0.39 is 23.2 Å². The fraction of sp³-hybridized carbons (Fsp3) is 0.300. The molecule has 32 heavy (non-hydrogen) atoms. The van der Waals surface area contributed by atoms with Gasteiger partial charge in [0, 0.05) is 5.56 Å². The number of amides is 1. The maximum absolute atomic E-state index is 13.1. The highest BCUT2D eigenvalue weighted by atomic mass is 32.1. The number of methoxy groups -OCH3 is 2. The number of thiazole rings is 1. The number of aromatic nitrogens is 3. The molecule has 12 heteroatoms. The molecule has 2 aromatic heterocycles. The lowest BCUT2D eigenvalue weighted by atomic mass is 9.96. The van der Waals surface area contributed by atoms with Crippen molar-refractivity contribution in [3.63, 3.8) is 0 Å². The van der Waals surface area contributed by atoms with E-state index in [0.717, 1.165) is 23.5 Å². The monoisotopic (exact) mass is 466 g/mol. The molecule has 3 aromatic rings. The van der Waals surface area contributed by atoms with Crippen LogP contribution in [0.1, 0.15) is 34.6 Å². The number of fused-ring (bicyclic) bond motifs is 3. The third-order valence-corrected chi connectivity index (χ3v) is 5.99. The molecule has 0 atom stereocenters. The SMILES string of the molecule is COc1ncnc(OC)c1C(=O)Nc1nc2c(s1)C(C)(C)Oc1cc(C(F)(F)F)ccc1-2. The predicted molar refractivity (Wildman–Crippen MR) is 109 cm³/mol. The summed E-state index contributed by atoms with van der Waals surface area (Å²) in [4.78, 5) is 25.8. The molecule has 8 nitrogen and oxygen atoms in total. The van der Waals surface area contributed by atoms with Crippen LogP contribution in [0.3, 0.4) is 0 Å². The zero-order chi connectivity index (χ0) is 23.3. The van der Waals surface area contributed by atoms with Gasteiger partial charge >= 0.3 is 6.18 Å². The van der Waals surface area contributed by atoms with Gasteiger partial charge in [0.1, 0.15) is 17.7 Å². The van der Waals surface area contributed by atoms with Gasteiger partial charge in [0.15, 0.2) is 10.7 Å². The first-order chi connectivity index (χ1) is 15.0. The summed E-state index contributed by atoms with van der Waals surface area (Å²) in [6.45, 7) is 3.44. The van der Waals surface area contributed by atoms with Gasteiger partial charge in [-0.2, -0.15) is 13.2 Å². The van der Waals surface area contributed by atoms with Crippen molar-refractivity contribution in [2.75, 3.05) is 19.5 Å². The average molecular weight is 466 g/mol. The molecule has 168 valence electrons.